The van der Waals surface area contributed by atoms with Crippen LogP contribution in [-0.2, 0) is 9.47 Å². The summed E-state index contributed by atoms with van der Waals surface area (Å²) in [4.78, 5) is 0. The molecule has 0 saturated carbocycles. The Labute approximate surface area is 99.2 Å². The van der Waals surface area contributed by atoms with Gasteiger partial charge in [-0.25, -0.2) is 0 Å². The number of rotatable bonds is 10. The minimum Gasteiger partial charge on any atom is -0.383 e. The standard InChI is InChI=1S/C12H26N2O2/c1-5-16-9-10(2)8-12(13)11(3)14-6-7-15-4/h10-11,13-14H,5-9H2,1-4H3. The van der Waals surface area contributed by atoms with Gasteiger partial charge < -0.3 is 20.2 Å². The zero-order chi connectivity index (χ0) is 12.4. The first-order chi connectivity index (χ1) is 7.61. The van der Waals surface area contributed by atoms with Crippen molar-refractivity contribution in [3.63, 3.8) is 0 Å². The van der Waals surface area contributed by atoms with Crippen LogP contribution in [0.1, 0.15) is 27.2 Å². The van der Waals surface area contributed by atoms with Crippen LogP contribution in [0.3, 0.4) is 0 Å². The Bertz CT molecular complexity index is 186. The topological polar surface area (TPSA) is 54.3 Å². The zero-order valence-corrected chi connectivity index (χ0v) is 11.0. The Morgan fingerprint density at radius 3 is 2.62 bits per heavy atom. The Morgan fingerprint density at radius 1 is 1.38 bits per heavy atom. The van der Waals surface area contributed by atoms with E-state index in [0.29, 0.717) is 12.5 Å². The van der Waals surface area contributed by atoms with E-state index in [-0.39, 0.29) is 6.04 Å². The number of hydrogen-bond acceptors (Lipinski definition) is 4. The van der Waals surface area contributed by atoms with Gasteiger partial charge in [0.25, 0.3) is 0 Å². The lowest BCUT2D eigenvalue weighted by atomic mass is 10.0. The van der Waals surface area contributed by atoms with E-state index >= 15 is 0 Å². The SMILES string of the molecule is CCOCC(C)CC(=N)C(C)NCCOC. The molecule has 0 aliphatic heterocycles. The fraction of sp³-hybridized carbons (Fsp3) is 0.917. The second-order valence-corrected chi connectivity index (χ2v) is 4.16. The third kappa shape index (κ3) is 7.79. The van der Waals surface area contributed by atoms with Crippen LogP contribution < -0.4 is 5.32 Å². The maximum atomic E-state index is 7.94. The van der Waals surface area contributed by atoms with Gasteiger partial charge in [0.1, 0.15) is 0 Å². The molecule has 0 heterocycles. The summed E-state index contributed by atoms with van der Waals surface area (Å²) >= 11 is 0. The summed E-state index contributed by atoms with van der Waals surface area (Å²) in [5.74, 6) is 0.416. The first-order valence-corrected chi connectivity index (χ1v) is 5.99. The van der Waals surface area contributed by atoms with Crippen LogP contribution in [0.25, 0.3) is 0 Å². The molecule has 96 valence electrons. The average Bonchev–Trinajstić information content (AvgIpc) is 2.26. The van der Waals surface area contributed by atoms with E-state index in [1.165, 1.54) is 0 Å². The van der Waals surface area contributed by atoms with Crippen molar-refractivity contribution < 1.29 is 9.47 Å². The van der Waals surface area contributed by atoms with Crippen LogP contribution in [0.4, 0.5) is 0 Å². The summed E-state index contributed by atoms with van der Waals surface area (Å²) in [7, 11) is 1.68. The Morgan fingerprint density at radius 2 is 2.06 bits per heavy atom. The molecule has 0 aliphatic carbocycles. The summed E-state index contributed by atoms with van der Waals surface area (Å²) in [6.07, 6.45) is 0.793. The van der Waals surface area contributed by atoms with E-state index in [9.17, 15) is 0 Å². The van der Waals surface area contributed by atoms with Crippen molar-refractivity contribution in [2.24, 2.45) is 5.92 Å². The molecule has 0 aromatic carbocycles. The zero-order valence-electron chi connectivity index (χ0n) is 11.0. The van der Waals surface area contributed by atoms with Crippen molar-refractivity contribution in [3.05, 3.63) is 0 Å². The smallest absolute Gasteiger partial charge is 0.0587 e. The molecule has 0 amide bonds. The Balaban J connectivity index is 3.68. The highest BCUT2D eigenvalue weighted by Gasteiger charge is 2.12. The summed E-state index contributed by atoms with van der Waals surface area (Å²) in [5.41, 5.74) is 0.739. The summed E-state index contributed by atoms with van der Waals surface area (Å²) in [6, 6.07) is 0.124. The van der Waals surface area contributed by atoms with Crippen molar-refractivity contribution in [2.45, 2.75) is 33.2 Å². The third-order valence-electron chi connectivity index (χ3n) is 2.45. The molecular weight excluding hydrogens is 204 g/mol. The molecule has 2 atom stereocenters. The van der Waals surface area contributed by atoms with Crippen molar-refractivity contribution in [3.8, 4) is 0 Å². The molecule has 0 bridgehead atoms. The second kappa shape index (κ2) is 9.75. The molecule has 0 radical (unpaired) electrons. The number of ether oxygens (including phenoxy) is 2. The van der Waals surface area contributed by atoms with Crippen LogP contribution in [0.5, 0.6) is 0 Å². The predicted molar refractivity (Wildman–Crippen MR) is 67.3 cm³/mol. The minimum atomic E-state index is 0.124. The van der Waals surface area contributed by atoms with Crippen LogP contribution >= 0.6 is 0 Å². The average molecular weight is 230 g/mol. The van der Waals surface area contributed by atoms with E-state index in [0.717, 1.165) is 31.9 Å². The molecule has 0 aromatic rings. The van der Waals surface area contributed by atoms with Gasteiger partial charge in [0.05, 0.1) is 6.61 Å². The monoisotopic (exact) mass is 230 g/mol. The second-order valence-electron chi connectivity index (χ2n) is 4.16. The number of nitrogens with one attached hydrogen (secondary N) is 2. The van der Waals surface area contributed by atoms with Crippen molar-refractivity contribution in [1.29, 1.82) is 5.41 Å². The highest BCUT2D eigenvalue weighted by Crippen LogP contribution is 2.05. The maximum absolute atomic E-state index is 7.94. The first kappa shape index (κ1) is 15.6. The van der Waals surface area contributed by atoms with Crippen LogP contribution in [0.2, 0.25) is 0 Å². The van der Waals surface area contributed by atoms with E-state index in [4.69, 9.17) is 14.9 Å². The lowest BCUT2D eigenvalue weighted by molar-refractivity contribution is 0.118. The van der Waals surface area contributed by atoms with Crippen molar-refractivity contribution >= 4 is 5.71 Å². The van der Waals surface area contributed by atoms with Gasteiger partial charge in [0.15, 0.2) is 0 Å². The molecular formula is C12H26N2O2. The molecule has 2 N–H and O–H groups in total. The fourth-order valence-electron chi connectivity index (χ4n) is 1.43. The quantitative estimate of drug-likeness (QED) is 0.443. The van der Waals surface area contributed by atoms with Gasteiger partial charge in [-0.2, -0.15) is 0 Å². The molecule has 0 fully saturated rings. The number of methoxy groups -OCH3 is 1. The van der Waals surface area contributed by atoms with Gasteiger partial charge in [-0.05, 0) is 26.2 Å². The first-order valence-electron chi connectivity index (χ1n) is 5.99. The fourth-order valence-corrected chi connectivity index (χ4v) is 1.43. The van der Waals surface area contributed by atoms with Gasteiger partial charge in [0.2, 0.25) is 0 Å². The van der Waals surface area contributed by atoms with E-state index in [1.807, 2.05) is 13.8 Å². The minimum absolute atomic E-state index is 0.124. The molecule has 0 aliphatic rings. The Kier molecular flexibility index (Phi) is 9.48. The maximum Gasteiger partial charge on any atom is 0.0587 e. The normalized spacial score (nSPS) is 14.8. The van der Waals surface area contributed by atoms with Crippen LogP contribution in [0.15, 0.2) is 0 Å². The highest BCUT2D eigenvalue weighted by molar-refractivity contribution is 5.86. The molecule has 4 nitrogen and oxygen atoms in total. The molecule has 0 saturated heterocycles. The van der Waals surface area contributed by atoms with Crippen molar-refractivity contribution in [2.75, 3.05) is 33.5 Å². The lowest BCUT2D eigenvalue weighted by Crippen LogP contribution is -2.36. The molecule has 0 spiro atoms. The van der Waals surface area contributed by atoms with Gasteiger partial charge in [-0.3, -0.25) is 0 Å². The summed E-state index contributed by atoms with van der Waals surface area (Å²) in [6.45, 7) is 9.10. The summed E-state index contributed by atoms with van der Waals surface area (Å²) in [5, 5.41) is 11.2. The Hall–Kier alpha value is -0.450. The van der Waals surface area contributed by atoms with Crippen molar-refractivity contribution in [1.82, 2.24) is 5.32 Å². The molecule has 2 unspecified atom stereocenters. The van der Waals surface area contributed by atoms with Gasteiger partial charge in [-0.1, -0.05) is 6.92 Å². The van der Waals surface area contributed by atoms with Gasteiger partial charge >= 0.3 is 0 Å². The highest BCUT2D eigenvalue weighted by atomic mass is 16.5. The van der Waals surface area contributed by atoms with Gasteiger partial charge in [-0.15, -0.1) is 0 Å². The molecule has 0 rings (SSSR count). The predicted octanol–water partition coefficient (Wildman–Crippen LogP) is 1.69. The molecule has 16 heavy (non-hydrogen) atoms. The largest absolute Gasteiger partial charge is 0.383 e. The number of hydrogen-bond donors (Lipinski definition) is 2. The molecule has 4 heteroatoms. The lowest BCUT2D eigenvalue weighted by Gasteiger charge is -2.18. The summed E-state index contributed by atoms with van der Waals surface area (Å²) < 4.78 is 10.3. The van der Waals surface area contributed by atoms with Crippen LogP contribution in [-0.4, -0.2) is 45.2 Å². The molecule has 0 aromatic heterocycles. The third-order valence-corrected chi connectivity index (χ3v) is 2.45. The van der Waals surface area contributed by atoms with Crippen LogP contribution in [0, 0.1) is 11.3 Å². The van der Waals surface area contributed by atoms with E-state index < -0.39 is 0 Å². The van der Waals surface area contributed by atoms with E-state index in [1.54, 1.807) is 7.11 Å². The van der Waals surface area contributed by atoms with Gasteiger partial charge in [0, 0.05) is 38.6 Å². The van der Waals surface area contributed by atoms with E-state index in [2.05, 4.69) is 12.2 Å².